The molecule has 1 aliphatic heterocycles. The average Bonchev–Trinajstić information content (AvgIpc) is 2.29. The molecule has 1 aromatic carbocycles. The Morgan fingerprint density at radius 3 is 2.47 bits per heavy atom. The zero-order valence-electron chi connectivity index (χ0n) is 9.14. The molecule has 0 aliphatic carbocycles. The van der Waals surface area contributed by atoms with E-state index in [1.54, 1.807) is 0 Å². The number of aliphatic imine (C=N–C) groups is 1. The van der Waals surface area contributed by atoms with Gasteiger partial charge in [0.1, 0.15) is 0 Å². The van der Waals surface area contributed by atoms with Crippen molar-refractivity contribution in [3.8, 4) is 0 Å². The molecule has 17 heavy (non-hydrogen) atoms. The van der Waals surface area contributed by atoms with Gasteiger partial charge in [0.25, 0.3) is 0 Å². The maximum Gasteiger partial charge on any atom is 0.194 e. The minimum atomic E-state index is -1.46. The fourth-order valence-corrected chi connectivity index (χ4v) is 2.29. The monoisotopic (exact) mass is 260 g/mol. The fraction of sp³-hybridized carbons (Fsp3) is 0.364. The molecule has 1 heterocycles. The van der Waals surface area contributed by atoms with Gasteiger partial charge in [0.2, 0.25) is 0 Å². The third-order valence-electron chi connectivity index (χ3n) is 2.29. The molecule has 0 radical (unpaired) electrons. The van der Waals surface area contributed by atoms with Crippen molar-refractivity contribution in [2.24, 2.45) is 10.9 Å². The Kier molecular flexibility index (Phi) is 3.61. The molecule has 2 rings (SSSR count). The first kappa shape index (κ1) is 12.3. The van der Waals surface area contributed by atoms with Crippen LogP contribution in [0.5, 0.6) is 0 Å². The van der Waals surface area contributed by atoms with Gasteiger partial charge in [0.15, 0.2) is 22.6 Å². The van der Waals surface area contributed by atoms with Crippen molar-refractivity contribution in [1.29, 1.82) is 0 Å². The van der Waals surface area contributed by atoms with Gasteiger partial charge in [0.05, 0.1) is 0 Å². The third-order valence-corrected chi connectivity index (χ3v) is 3.53. The maximum absolute atomic E-state index is 13.0. The van der Waals surface area contributed by atoms with Gasteiger partial charge in [0, 0.05) is 30.1 Å². The van der Waals surface area contributed by atoms with Gasteiger partial charge >= 0.3 is 0 Å². The summed E-state index contributed by atoms with van der Waals surface area (Å²) in [6.45, 7) is 2.76. The van der Waals surface area contributed by atoms with E-state index in [0.717, 1.165) is 17.9 Å². The van der Waals surface area contributed by atoms with E-state index in [2.05, 4.69) is 17.2 Å². The van der Waals surface area contributed by atoms with Crippen LogP contribution in [0.1, 0.15) is 6.92 Å². The second-order valence-corrected chi connectivity index (χ2v) is 4.95. The van der Waals surface area contributed by atoms with E-state index < -0.39 is 17.5 Å². The molecule has 0 fully saturated rings. The lowest BCUT2D eigenvalue weighted by Gasteiger charge is -2.17. The van der Waals surface area contributed by atoms with Crippen LogP contribution in [0.25, 0.3) is 0 Å². The van der Waals surface area contributed by atoms with Crippen molar-refractivity contribution >= 4 is 22.6 Å². The predicted octanol–water partition coefficient (Wildman–Crippen LogP) is 3.25. The normalized spacial score (nSPS) is 20.0. The highest BCUT2D eigenvalue weighted by Crippen LogP contribution is 2.22. The summed E-state index contributed by atoms with van der Waals surface area (Å²) >= 11 is 1.48. The zero-order chi connectivity index (χ0) is 12.4. The van der Waals surface area contributed by atoms with E-state index in [4.69, 9.17) is 0 Å². The lowest BCUT2D eigenvalue weighted by molar-refractivity contribution is 0.448. The molecule has 1 aliphatic rings. The summed E-state index contributed by atoms with van der Waals surface area (Å²) in [6, 6.07) is 1.83. The molecule has 0 saturated heterocycles. The van der Waals surface area contributed by atoms with Gasteiger partial charge < -0.3 is 5.32 Å². The van der Waals surface area contributed by atoms with E-state index in [9.17, 15) is 13.2 Å². The number of hydrogen-bond donors (Lipinski definition) is 1. The second-order valence-electron chi connectivity index (χ2n) is 3.94. The van der Waals surface area contributed by atoms with E-state index >= 15 is 0 Å². The van der Waals surface area contributed by atoms with Crippen molar-refractivity contribution < 1.29 is 13.2 Å². The van der Waals surface area contributed by atoms with Gasteiger partial charge in [-0.05, 0) is 5.92 Å². The molecule has 1 aromatic rings. The van der Waals surface area contributed by atoms with Crippen molar-refractivity contribution in [1.82, 2.24) is 0 Å². The summed E-state index contributed by atoms with van der Waals surface area (Å²) < 4.78 is 38.6. The van der Waals surface area contributed by atoms with Crippen molar-refractivity contribution in [2.75, 3.05) is 17.6 Å². The Labute approximate surface area is 101 Å². The highest BCUT2D eigenvalue weighted by atomic mass is 32.2. The number of hydrogen-bond acceptors (Lipinski definition) is 3. The molecule has 2 nitrogen and oxygen atoms in total. The minimum Gasteiger partial charge on any atom is -0.335 e. The number of halogens is 3. The third kappa shape index (κ3) is 2.94. The first-order valence-electron chi connectivity index (χ1n) is 5.15. The van der Waals surface area contributed by atoms with Gasteiger partial charge in [-0.1, -0.05) is 18.7 Å². The SMILES string of the molecule is CC1CN=C(Nc2cc(F)c(F)c(F)c2)SC1. The number of amidine groups is 1. The Hall–Kier alpha value is -1.17. The smallest absolute Gasteiger partial charge is 0.194 e. The van der Waals surface area contributed by atoms with Crippen LogP contribution in [0.4, 0.5) is 18.9 Å². The molecule has 6 heteroatoms. The van der Waals surface area contributed by atoms with E-state index in [1.165, 1.54) is 11.8 Å². The van der Waals surface area contributed by atoms with Crippen LogP contribution in [0.3, 0.4) is 0 Å². The number of benzene rings is 1. The molecule has 1 atom stereocenters. The largest absolute Gasteiger partial charge is 0.335 e. The fourth-order valence-electron chi connectivity index (χ4n) is 1.39. The molecule has 0 bridgehead atoms. The molecule has 0 spiro atoms. The molecule has 0 saturated carbocycles. The van der Waals surface area contributed by atoms with Crippen molar-refractivity contribution in [3.05, 3.63) is 29.6 Å². The predicted molar refractivity (Wildman–Crippen MR) is 63.9 cm³/mol. The first-order valence-corrected chi connectivity index (χ1v) is 6.13. The lowest BCUT2D eigenvalue weighted by Crippen LogP contribution is -2.19. The number of anilines is 1. The first-order chi connectivity index (χ1) is 8.06. The Morgan fingerprint density at radius 2 is 1.94 bits per heavy atom. The van der Waals surface area contributed by atoms with Gasteiger partial charge in [-0.3, -0.25) is 4.99 Å². The number of rotatable bonds is 1. The number of nitrogens with one attached hydrogen (secondary N) is 1. The van der Waals surface area contributed by atoms with Crippen LogP contribution in [0.2, 0.25) is 0 Å². The Morgan fingerprint density at radius 1 is 1.29 bits per heavy atom. The van der Waals surface area contributed by atoms with Crippen LogP contribution in [-0.2, 0) is 0 Å². The maximum atomic E-state index is 13.0. The topological polar surface area (TPSA) is 24.4 Å². The summed E-state index contributed by atoms with van der Waals surface area (Å²) in [5.41, 5.74) is 0.169. The molecular weight excluding hydrogens is 249 g/mol. The van der Waals surface area contributed by atoms with Crippen molar-refractivity contribution in [3.63, 3.8) is 0 Å². The molecule has 1 N–H and O–H groups in total. The van der Waals surface area contributed by atoms with E-state index in [-0.39, 0.29) is 5.69 Å². The quantitative estimate of drug-likeness (QED) is 0.784. The summed E-state index contributed by atoms with van der Waals surface area (Å²) in [6.07, 6.45) is 0. The molecule has 92 valence electrons. The van der Waals surface area contributed by atoms with Gasteiger partial charge in [-0.2, -0.15) is 0 Å². The summed E-state index contributed by atoms with van der Waals surface area (Å²) in [7, 11) is 0. The second kappa shape index (κ2) is 5.00. The van der Waals surface area contributed by atoms with Gasteiger partial charge in [-0.15, -0.1) is 0 Å². The lowest BCUT2D eigenvalue weighted by atomic mass is 10.2. The Bertz CT molecular complexity index is 439. The van der Waals surface area contributed by atoms with E-state index in [1.807, 2.05) is 0 Å². The van der Waals surface area contributed by atoms with E-state index in [0.29, 0.717) is 17.6 Å². The molecule has 0 amide bonds. The zero-order valence-corrected chi connectivity index (χ0v) is 9.95. The highest BCUT2D eigenvalue weighted by molar-refractivity contribution is 8.14. The highest BCUT2D eigenvalue weighted by Gasteiger charge is 2.14. The minimum absolute atomic E-state index is 0.169. The van der Waals surface area contributed by atoms with Crippen LogP contribution < -0.4 is 5.32 Å². The summed E-state index contributed by atoms with van der Waals surface area (Å²) in [4.78, 5) is 4.22. The van der Waals surface area contributed by atoms with Crippen molar-refractivity contribution in [2.45, 2.75) is 6.92 Å². The van der Waals surface area contributed by atoms with Crippen LogP contribution in [0.15, 0.2) is 17.1 Å². The van der Waals surface area contributed by atoms with Crippen LogP contribution in [0, 0.1) is 23.4 Å². The van der Waals surface area contributed by atoms with Crippen LogP contribution in [-0.4, -0.2) is 17.5 Å². The summed E-state index contributed by atoms with van der Waals surface area (Å²) in [5.74, 6) is -2.47. The molecule has 1 unspecified atom stereocenters. The molecule has 0 aromatic heterocycles. The average molecular weight is 260 g/mol. The van der Waals surface area contributed by atoms with Crippen LogP contribution >= 0.6 is 11.8 Å². The summed E-state index contributed by atoms with van der Waals surface area (Å²) in [5, 5.41) is 3.38. The molecular formula is C11H11F3N2S. The number of thioether (sulfide) groups is 1. The number of nitrogens with zero attached hydrogens (tertiary/aromatic N) is 1. The Balaban J connectivity index is 2.14. The standard InChI is InChI=1S/C11H11F3N2S/c1-6-4-15-11(17-5-6)16-7-2-8(12)10(14)9(13)3-7/h2-3,6H,4-5H2,1H3,(H,15,16). The van der Waals surface area contributed by atoms with Gasteiger partial charge in [-0.25, -0.2) is 13.2 Å².